The number of benzene rings is 3. The quantitative estimate of drug-likeness (QED) is 0.453. The molecule has 154 valence electrons. The number of hydrogen-bond acceptors (Lipinski definition) is 6. The topological polar surface area (TPSA) is 92.9 Å². The van der Waals surface area contributed by atoms with Crippen LogP contribution in [-0.4, -0.2) is 27.5 Å². The van der Waals surface area contributed by atoms with Crippen LogP contribution in [0.1, 0.15) is 15.9 Å². The fourth-order valence-electron chi connectivity index (χ4n) is 3.53. The van der Waals surface area contributed by atoms with Crippen molar-refractivity contribution >= 4 is 43.3 Å². The van der Waals surface area contributed by atoms with Gasteiger partial charge in [-0.05, 0) is 48.0 Å². The number of fused-ring (bicyclic) bond motifs is 4. The number of phenols is 1. The van der Waals surface area contributed by atoms with Gasteiger partial charge >= 0.3 is 0 Å². The van der Waals surface area contributed by atoms with Crippen LogP contribution in [0.15, 0.2) is 65.5 Å². The van der Waals surface area contributed by atoms with E-state index in [2.05, 4.69) is 10.3 Å². The van der Waals surface area contributed by atoms with E-state index in [9.17, 15) is 14.7 Å². The van der Waals surface area contributed by atoms with Crippen LogP contribution in [0.5, 0.6) is 11.5 Å². The highest BCUT2D eigenvalue weighted by Crippen LogP contribution is 2.28. The third-order valence-electron chi connectivity index (χ3n) is 5.11. The van der Waals surface area contributed by atoms with Crippen molar-refractivity contribution in [3.05, 3.63) is 82.1 Å². The first-order valence-corrected chi connectivity index (χ1v) is 10.3. The minimum absolute atomic E-state index is 0.0793. The van der Waals surface area contributed by atoms with Gasteiger partial charge in [0.1, 0.15) is 11.5 Å². The van der Waals surface area contributed by atoms with Crippen LogP contribution in [0.3, 0.4) is 0 Å². The van der Waals surface area contributed by atoms with Gasteiger partial charge in [0.2, 0.25) is 0 Å². The van der Waals surface area contributed by atoms with Crippen LogP contribution in [0.25, 0.3) is 26.1 Å². The number of thiazole rings is 1. The number of methoxy groups -OCH3 is 1. The average molecular weight is 431 g/mol. The van der Waals surface area contributed by atoms with E-state index in [1.807, 2.05) is 24.3 Å². The van der Waals surface area contributed by atoms with E-state index in [1.54, 1.807) is 41.8 Å². The Balaban J connectivity index is 1.53. The van der Waals surface area contributed by atoms with Gasteiger partial charge in [-0.1, -0.05) is 29.5 Å². The molecule has 0 fully saturated rings. The monoisotopic (exact) mass is 431 g/mol. The number of phenolic OH excluding ortho intramolecular Hbond substituents is 1. The highest BCUT2D eigenvalue weighted by atomic mass is 32.1. The number of para-hydroxylation sites is 1. The van der Waals surface area contributed by atoms with Crippen molar-refractivity contribution in [1.82, 2.24) is 14.7 Å². The molecule has 2 N–H and O–H groups in total. The molecule has 5 rings (SSSR count). The van der Waals surface area contributed by atoms with E-state index in [-0.39, 0.29) is 29.3 Å². The number of carbonyl (C=O) groups excluding carboxylic acids is 1. The predicted molar refractivity (Wildman–Crippen MR) is 120 cm³/mol. The second-order valence-corrected chi connectivity index (χ2v) is 8.03. The van der Waals surface area contributed by atoms with E-state index in [4.69, 9.17) is 4.74 Å². The van der Waals surface area contributed by atoms with Gasteiger partial charge < -0.3 is 15.2 Å². The number of amides is 1. The number of aromatic hydroxyl groups is 1. The third-order valence-corrected chi connectivity index (χ3v) is 6.12. The van der Waals surface area contributed by atoms with Crippen LogP contribution in [0, 0.1) is 0 Å². The molecule has 0 aliphatic rings. The van der Waals surface area contributed by atoms with Gasteiger partial charge in [-0.3, -0.25) is 14.0 Å². The summed E-state index contributed by atoms with van der Waals surface area (Å²) in [7, 11) is 1.60. The molecule has 0 saturated heterocycles. The molecule has 0 aliphatic carbocycles. The first kappa shape index (κ1) is 19.1. The Morgan fingerprint density at radius 2 is 2.00 bits per heavy atom. The Morgan fingerprint density at radius 1 is 1.16 bits per heavy atom. The largest absolute Gasteiger partial charge is 0.507 e. The average Bonchev–Trinajstić information content (AvgIpc) is 3.15. The molecule has 2 aromatic heterocycles. The maximum Gasteiger partial charge on any atom is 0.266 e. The third kappa shape index (κ3) is 3.27. The van der Waals surface area contributed by atoms with Crippen molar-refractivity contribution in [2.75, 3.05) is 7.11 Å². The number of nitrogens with one attached hydrogen (secondary N) is 1. The molecule has 1 amide bonds. The molecule has 2 heterocycles. The number of rotatable bonds is 4. The normalized spacial score (nSPS) is 11.3. The minimum Gasteiger partial charge on any atom is -0.507 e. The predicted octanol–water partition coefficient (Wildman–Crippen LogP) is 3.71. The molecular formula is C23H17N3O4S. The first-order chi connectivity index (χ1) is 15.0. The minimum atomic E-state index is -0.388. The van der Waals surface area contributed by atoms with Crippen LogP contribution in [0.4, 0.5) is 0 Å². The number of aromatic nitrogens is 2. The maximum absolute atomic E-state index is 13.3. The van der Waals surface area contributed by atoms with Crippen molar-refractivity contribution in [2.24, 2.45) is 0 Å². The van der Waals surface area contributed by atoms with E-state index in [0.29, 0.717) is 15.9 Å². The summed E-state index contributed by atoms with van der Waals surface area (Å²) in [5.41, 5.74) is 2.17. The smallest absolute Gasteiger partial charge is 0.266 e. The lowest BCUT2D eigenvalue weighted by Gasteiger charge is -2.08. The lowest BCUT2D eigenvalue weighted by Crippen LogP contribution is -2.23. The fraction of sp³-hybridized carbons (Fsp3) is 0.0870. The Kier molecular flexibility index (Phi) is 4.56. The standard InChI is InChI=1S/C23H17N3O4S/c1-30-14-7-9-18-20(11-14)31-23-25-17-8-6-13(10-16(17)22(29)26(18)23)12-24-21(28)15-4-2-3-5-19(15)27/h2-11,27H,12H2,1H3,(H,24,28). The van der Waals surface area contributed by atoms with E-state index < -0.39 is 0 Å². The van der Waals surface area contributed by atoms with Crippen molar-refractivity contribution in [3.8, 4) is 11.5 Å². The Bertz CT molecular complexity index is 1540. The summed E-state index contributed by atoms with van der Waals surface area (Å²) >= 11 is 1.43. The van der Waals surface area contributed by atoms with Crippen molar-refractivity contribution in [1.29, 1.82) is 0 Å². The molecule has 0 radical (unpaired) electrons. The summed E-state index contributed by atoms with van der Waals surface area (Å²) in [6.07, 6.45) is 0. The maximum atomic E-state index is 13.3. The molecule has 0 aliphatic heterocycles. The number of hydrogen-bond donors (Lipinski definition) is 2. The number of ether oxygens (including phenoxy) is 1. The van der Waals surface area contributed by atoms with E-state index in [0.717, 1.165) is 21.5 Å². The molecule has 0 unspecified atom stereocenters. The Morgan fingerprint density at radius 3 is 2.81 bits per heavy atom. The summed E-state index contributed by atoms with van der Waals surface area (Å²) in [6, 6.07) is 17.3. The van der Waals surface area contributed by atoms with Gasteiger partial charge in [-0.15, -0.1) is 0 Å². The van der Waals surface area contributed by atoms with Crippen LogP contribution >= 0.6 is 11.3 Å². The molecule has 8 heteroatoms. The first-order valence-electron chi connectivity index (χ1n) is 9.53. The van der Waals surface area contributed by atoms with Gasteiger partial charge in [-0.25, -0.2) is 4.98 Å². The lowest BCUT2D eigenvalue weighted by atomic mass is 10.1. The zero-order chi connectivity index (χ0) is 21.5. The number of carbonyl (C=O) groups is 1. The Hall–Kier alpha value is -3.91. The summed E-state index contributed by atoms with van der Waals surface area (Å²) in [5, 5.41) is 13.1. The lowest BCUT2D eigenvalue weighted by molar-refractivity contribution is 0.0948. The highest BCUT2D eigenvalue weighted by Gasteiger charge is 2.14. The van der Waals surface area contributed by atoms with Crippen LogP contribution < -0.4 is 15.6 Å². The molecule has 3 aromatic carbocycles. The van der Waals surface area contributed by atoms with Gasteiger partial charge in [-0.2, -0.15) is 0 Å². The van der Waals surface area contributed by atoms with Gasteiger partial charge in [0.05, 0.1) is 33.8 Å². The van der Waals surface area contributed by atoms with E-state index >= 15 is 0 Å². The molecule has 0 bridgehead atoms. The SMILES string of the molecule is COc1ccc2c(c1)sc1nc3ccc(CNC(=O)c4ccccc4O)cc3c(=O)n12. The summed E-state index contributed by atoms with van der Waals surface area (Å²) in [4.78, 5) is 30.9. The van der Waals surface area contributed by atoms with Gasteiger partial charge in [0.15, 0.2) is 4.96 Å². The number of nitrogens with zero attached hydrogens (tertiary/aromatic N) is 2. The molecule has 5 aromatic rings. The molecule has 0 spiro atoms. The molecule has 0 saturated carbocycles. The summed E-state index contributed by atoms with van der Waals surface area (Å²) < 4.78 is 7.79. The summed E-state index contributed by atoms with van der Waals surface area (Å²) in [6.45, 7) is 0.215. The van der Waals surface area contributed by atoms with Crippen LogP contribution in [-0.2, 0) is 6.54 Å². The molecular weight excluding hydrogens is 414 g/mol. The zero-order valence-corrected chi connectivity index (χ0v) is 17.3. The molecule has 7 nitrogen and oxygen atoms in total. The van der Waals surface area contributed by atoms with E-state index in [1.165, 1.54) is 17.4 Å². The second-order valence-electron chi connectivity index (χ2n) is 7.02. The summed E-state index contributed by atoms with van der Waals surface area (Å²) in [5.74, 6) is 0.254. The fourth-order valence-corrected chi connectivity index (χ4v) is 4.58. The highest BCUT2D eigenvalue weighted by molar-refractivity contribution is 7.23. The Labute approximate surface area is 180 Å². The van der Waals surface area contributed by atoms with Gasteiger partial charge in [0, 0.05) is 6.54 Å². The van der Waals surface area contributed by atoms with Crippen molar-refractivity contribution in [3.63, 3.8) is 0 Å². The van der Waals surface area contributed by atoms with Crippen LogP contribution in [0.2, 0.25) is 0 Å². The molecule has 0 atom stereocenters. The van der Waals surface area contributed by atoms with Crippen molar-refractivity contribution in [2.45, 2.75) is 6.54 Å². The van der Waals surface area contributed by atoms with Crippen molar-refractivity contribution < 1.29 is 14.6 Å². The zero-order valence-electron chi connectivity index (χ0n) is 16.5. The van der Waals surface area contributed by atoms with Gasteiger partial charge in [0.25, 0.3) is 11.5 Å². The second kappa shape index (κ2) is 7.41. The molecule has 31 heavy (non-hydrogen) atoms.